The fourth-order valence-electron chi connectivity index (χ4n) is 3.94. The lowest BCUT2D eigenvalue weighted by molar-refractivity contribution is 0.0924. The van der Waals surface area contributed by atoms with Crippen LogP contribution in [0.1, 0.15) is 47.5 Å². The number of hydrogen-bond acceptors (Lipinski definition) is 4. The second-order valence-corrected chi connectivity index (χ2v) is 7.93. The quantitative estimate of drug-likeness (QED) is 0.578. The zero-order chi connectivity index (χ0) is 20.9. The molecule has 0 unspecified atom stereocenters. The maximum absolute atomic E-state index is 13.4. The number of amides is 1. The highest BCUT2D eigenvalue weighted by Crippen LogP contribution is 2.27. The van der Waals surface area contributed by atoms with Gasteiger partial charge < -0.3 is 9.88 Å². The first-order valence-corrected chi connectivity index (χ1v) is 9.81. The van der Waals surface area contributed by atoms with Crippen molar-refractivity contribution in [1.29, 1.82) is 0 Å². The first-order chi connectivity index (χ1) is 13.8. The lowest BCUT2D eigenvalue weighted by Crippen LogP contribution is -2.33. The minimum Gasteiger partial charge on any atom is -0.342 e. The molecule has 0 aliphatic heterocycles. The second-order valence-electron chi connectivity index (χ2n) is 7.93. The molecule has 0 saturated carbocycles. The Bertz CT molecular complexity index is 1230. The number of aryl methyl sites for hydroxylation is 4. The van der Waals surface area contributed by atoms with Crippen molar-refractivity contribution in [3.8, 4) is 0 Å². The molecule has 0 spiro atoms. The molecule has 0 saturated heterocycles. The summed E-state index contributed by atoms with van der Waals surface area (Å²) in [6.07, 6.45) is 0. The van der Waals surface area contributed by atoms with E-state index in [9.17, 15) is 4.79 Å². The second kappa shape index (κ2) is 6.99. The van der Waals surface area contributed by atoms with Gasteiger partial charge in [0.2, 0.25) is 0 Å². The zero-order valence-electron chi connectivity index (χ0n) is 17.7. The van der Waals surface area contributed by atoms with E-state index in [1.165, 1.54) is 0 Å². The van der Waals surface area contributed by atoms with E-state index in [4.69, 9.17) is 4.98 Å². The lowest BCUT2D eigenvalue weighted by Gasteiger charge is -2.22. The average Bonchev–Trinajstić information content (AvgIpc) is 3.15. The Hall–Kier alpha value is -3.22. The zero-order valence-corrected chi connectivity index (χ0v) is 17.7. The number of nitrogens with zero attached hydrogens (tertiary/aromatic N) is 5. The Balaban J connectivity index is 1.78. The van der Waals surface area contributed by atoms with Crippen LogP contribution in [-0.2, 0) is 14.1 Å². The number of carbonyl (C=O) groups excluding carboxylic acids is 1. The number of benzene rings is 1. The molecular weight excluding hydrogens is 364 g/mol. The highest BCUT2D eigenvalue weighted by Gasteiger charge is 2.26. The minimum atomic E-state index is -0.222. The number of aromatic nitrogens is 5. The van der Waals surface area contributed by atoms with Gasteiger partial charge in [0, 0.05) is 19.8 Å². The van der Waals surface area contributed by atoms with Gasteiger partial charge in [-0.05, 0) is 38.0 Å². The van der Waals surface area contributed by atoms with E-state index >= 15 is 0 Å². The van der Waals surface area contributed by atoms with E-state index in [0.717, 1.165) is 39.3 Å². The van der Waals surface area contributed by atoms with E-state index < -0.39 is 0 Å². The third-order valence-electron chi connectivity index (χ3n) is 5.39. The molecule has 1 amide bonds. The molecule has 1 aromatic carbocycles. The van der Waals surface area contributed by atoms with Gasteiger partial charge in [-0.3, -0.25) is 9.48 Å². The van der Waals surface area contributed by atoms with E-state index in [0.29, 0.717) is 5.56 Å². The molecule has 7 heteroatoms. The third-order valence-corrected chi connectivity index (χ3v) is 5.39. The maximum Gasteiger partial charge on any atom is 0.252 e. The summed E-state index contributed by atoms with van der Waals surface area (Å²) in [5, 5.41) is 8.46. The predicted octanol–water partition coefficient (Wildman–Crippen LogP) is 3.60. The summed E-state index contributed by atoms with van der Waals surface area (Å²) in [5.41, 5.74) is 4.88. The molecule has 7 nitrogen and oxygen atoms in total. The number of pyridine rings is 1. The van der Waals surface area contributed by atoms with E-state index in [1.807, 2.05) is 58.3 Å². The summed E-state index contributed by atoms with van der Waals surface area (Å²) in [6, 6.07) is 9.62. The van der Waals surface area contributed by atoms with Crippen LogP contribution >= 0.6 is 0 Å². The summed E-state index contributed by atoms with van der Waals surface area (Å²) in [5.74, 6) is 0.879. The van der Waals surface area contributed by atoms with Crippen molar-refractivity contribution in [2.24, 2.45) is 20.0 Å². The molecule has 150 valence electrons. The summed E-state index contributed by atoms with van der Waals surface area (Å²) in [4.78, 5) is 22.7. The van der Waals surface area contributed by atoms with Gasteiger partial charge in [-0.2, -0.15) is 5.10 Å². The molecule has 3 heterocycles. The highest BCUT2D eigenvalue weighted by molar-refractivity contribution is 6.06. The van der Waals surface area contributed by atoms with Crippen LogP contribution in [0.2, 0.25) is 0 Å². The molecule has 4 aromatic rings. The number of nitrogens with one attached hydrogen (secondary N) is 1. The number of hydrogen-bond donors (Lipinski definition) is 1. The SMILES string of the molecule is Cc1cc(C(=O)N[C@@H](c2nc3ccccc3n2C)C(C)C)c2c(C)nn(C)c2n1. The van der Waals surface area contributed by atoms with Crippen molar-refractivity contribution >= 4 is 28.0 Å². The normalized spacial score (nSPS) is 12.8. The molecule has 1 N–H and O–H groups in total. The Kier molecular flexibility index (Phi) is 4.61. The van der Waals surface area contributed by atoms with E-state index in [-0.39, 0.29) is 17.9 Å². The third kappa shape index (κ3) is 3.16. The van der Waals surface area contributed by atoms with Gasteiger partial charge in [-0.15, -0.1) is 0 Å². The first kappa shape index (κ1) is 19.1. The molecule has 4 rings (SSSR count). The molecule has 0 radical (unpaired) electrons. The van der Waals surface area contributed by atoms with Gasteiger partial charge in [0.05, 0.1) is 33.7 Å². The van der Waals surface area contributed by atoms with E-state index in [2.05, 4.69) is 33.8 Å². The van der Waals surface area contributed by atoms with Crippen LogP contribution in [0.15, 0.2) is 30.3 Å². The highest BCUT2D eigenvalue weighted by atomic mass is 16.1. The van der Waals surface area contributed by atoms with Gasteiger partial charge in [0.1, 0.15) is 5.82 Å². The van der Waals surface area contributed by atoms with Gasteiger partial charge >= 0.3 is 0 Å². The Morgan fingerprint density at radius 1 is 1.10 bits per heavy atom. The van der Waals surface area contributed by atoms with Crippen LogP contribution in [0, 0.1) is 19.8 Å². The lowest BCUT2D eigenvalue weighted by atomic mass is 10.0. The first-order valence-electron chi connectivity index (χ1n) is 9.81. The van der Waals surface area contributed by atoms with Crippen LogP contribution in [-0.4, -0.2) is 30.2 Å². The molecule has 1 atom stereocenters. The van der Waals surface area contributed by atoms with Crippen molar-refractivity contribution in [1.82, 2.24) is 29.6 Å². The van der Waals surface area contributed by atoms with Gasteiger partial charge in [0.25, 0.3) is 5.91 Å². The molecule has 3 aromatic heterocycles. The van der Waals surface area contributed by atoms with Gasteiger partial charge in [-0.25, -0.2) is 9.97 Å². The Morgan fingerprint density at radius 3 is 2.52 bits per heavy atom. The van der Waals surface area contributed by atoms with Crippen LogP contribution in [0.3, 0.4) is 0 Å². The Morgan fingerprint density at radius 2 is 1.83 bits per heavy atom. The minimum absolute atomic E-state index is 0.137. The number of para-hydroxylation sites is 2. The van der Waals surface area contributed by atoms with Crippen molar-refractivity contribution < 1.29 is 4.79 Å². The van der Waals surface area contributed by atoms with Crippen LogP contribution in [0.4, 0.5) is 0 Å². The van der Waals surface area contributed by atoms with E-state index in [1.54, 1.807) is 4.68 Å². The fraction of sp³-hybridized carbons (Fsp3) is 0.364. The number of imidazole rings is 1. The summed E-state index contributed by atoms with van der Waals surface area (Å²) in [7, 11) is 3.84. The standard InChI is InChI=1S/C22H26N6O/c1-12(2)19(21-24-16-9-7-8-10-17(16)27(21)5)25-22(29)15-11-13(3)23-20-18(15)14(4)26-28(20)6/h7-12,19H,1-6H3,(H,25,29)/t19-/m1/s1. The monoisotopic (exact) mass is 390 g/mol. The fourth-order valence-corrected chi connectivity index (χ4v) is 3.94. The molecular formula is C22H26N6O. The summed E-state index contributed by atoms with van der Waals surface area (Å²) < 4.78 is 3.78. The largest absolute Gasteiger partial charge is 0.342 e. The van der Waals surface area contributed by atoms with Crippen molar-refractivity contribution in [3.63, 3.8) is 0 Å². The number of carbonyl (C=O) groups is 1. The average molecular weight is 390 g/mol. The van der Waals surface area contributed by atoms with Gasteiger partial charge in [-0.1, -0.05) is 26.0 Å². The van der Waals surface area contributed by atoms with Crippen LogP contribution in [0.25, 0.3) is 22.1 Å². The molecule has 0 bridgehead atoms. The summed E-state index contributed by atoms with van der Waals surface area (Å²) >= 11 is 0. The molecule has 29 heavy (non-hydrogen) atoms. The van der Waals surface area contributed by atoms with Crippen LogP contribution < -0.4 is 5.32 Å². The van der Waals surface area contributed by atoms with Crippen LogP contribution in [0.5, 0.6) is 0 Å². The van der Waals surface area contributed by atoms with Crippen molar-refractivity contribution in [2.45, 2.75) is 33.7 Å². The maximum atomic E-state index is 13.4. The predicted molar refractivity (Wildman–Crippen MR) is 114 cm³/mol. The van der Waals surface area contributed by atoms with Crippen molar-refractivity contribution in [2.75, 3.05) is 0 Å². The topological polar surface area (TPSA) is 77.6 Å². The Labute approximate surface area is 169 Å². The molecule has 0 fully saturated rings. The van der Waals surface area contributed by atoms with Gasteiger partial charge in [0.15, 0.2) is 5.65 Å². The summed E-state index contributed by atoms with van der Waals surface area (Å²) in [6.45, 7) is 7.98. The molecule has 0 aliphatic rings. The number of rotatable bonds is 4. The number of fused-ring (bicyclic) bond motifs is 2. The molecule has 0 aliphatic carbocycles. The smallest absolute Gasteiger partial charge is 0.252 e. The van der Waals surface area contributed by atoms with Crippen molar-refractivity contribution in [3.05, 3.63) is 53.1 Å².